The molecule has 0 spiro atoms. The first-order valence-electron chi connectivity index (χ1n) is 8.89. The standard InChI is InChI=1S/C20H20Cl2N2O5/c21-13-6-7-14(15(22)8-13)19(27)23-9-16-17(25)20(28,11-29-16)10-24-18(26)12-4-2-1-3-5-12/h1-8,16-17,25,28H,9-11H2,(H,23,27)(H,24,26)/t16-,17?,20+/m1/s1. The van der Waals surface area contributed by atoms with Gasteiger partial charge in [0.1, 0.15) is 17.8 Å². The summed E-state index contributed by atoms with van der Waals surface area (Å²) in [5, 5.41) is 26.9. The fourth-order valence-electron chi connectivity index (χ4n) is 2.99. The molecule has 2 amide bonds. The Balaban J connectivity index is 1.54. The number of nitrogens with one attached hydrogen (secondary N) is 2. The third-order valence-electron chi connectivity index (χ3n) is 4.68. The number of halogens is 2. The third-order valence-corrected chi connectivity index (χ3v) is 5.23. The van der Waals surface area contributed by atoms with Gasteiger partial charge in [0.05, 0.1) is 23.7 Å². The monoisotopic (exact) mass is 438 g/mol. The average molecular weight is 439 g/mol. The van der Waals surface area contributed by atoms with Crippen LogP contribution < -0.4 is 10.6 Å². The summed E-state index contributed by atoms with van der Waals surface area (Å²) in [6.45, 7) is -0.436. The highest BCUT2D eigenvalue weighted by Crippen LogP contribution is 2.25. The normalized spacial score (nSPS) is 23.6. The van der Waals surface area contributed by atoms with Crippen LogP contribution in [0.3, 0.4) is 0 Å². The molecule has 154 valence electrons. The lowest BCUT2D eigenvalue weighted by Crippen LogP contribution is -2.53. The summed E-state index contributed by atoms with van der Waals surface area (Å²) in [6, 6.07) is 13.0. The smallest absolute Gasteiger partial charge is 0.252 e. The molecule has 2 aromatic rings. The molecule has 3 rings (SSSR count). The van der Waals surface area contributed by atoms with Crippen molar-refractivity contribution in [3.8, 4) is 0 Å². The number of carbonyl (C=O) groups excluding carboxylic acids is 2. The molecule has 1 aliphatic heterocycles. The van der Waals surface area contributed by atoms with Crippen LogP contribution >= 0.6 is 23.2 Å². The maximum Gasteiger partial charge on any atom is 0.252 e. The minimum atomic E-state index is -1.67. The van der Waals surface area contributed by atoms with Crippen molar-refractivity contribution in [2.45, 2.75) is 17.8 Å². The number of hydrogen-bond acceptors (Lipinski definition) is 5. The molecule has 29 heavy (non-hydrogen) atoms. The Bertz CT molecular complexity index is 896. The molecular weight excluding hydrogens is 419 g/mol. The number of amides is 2. The number of hydrogen-bond donors (Lipinski definition) is 4. The minimum Gasteiger partial charge on any atom is -0.387 e. The van der Waals surface area contributed by atoms with Crippen LogP contribution in [-0.4, -0.2) is 59.5 Å². The molecule has 1 saturated heterocycles. The van der Waals surface area contributed by atoms with Gasteiger partial charge < -0.3 is 25.6 Å². The predicted molar refractivity (Wildman–Crippen MR) is 108 cm³/mol. The van der Waals surface area contributed by atoms with Crippen LogP contribution in [0, 0.1) is 0 Å². The van der Waals surface area contributed by atoms with Gasteiger partial charge in [-0.3, -0.25) is 9.59 Å². The molecule has 3 atom stereocenters. The zero-order valence-electron chi connectivity index (χ0n) is 15.3. The molecule has 7 nitrogen and oxygen atoms in total. The van der Waals surface area contributed by atoms with Crippen molar-refractivity contribution in [2.75, 3.05) is 19.7 Å². The lowest BCUT2D eigenvalue weighted by Gasteiger charge is -2.26. The van der Waals surface area contributed by atoms with Gasteiger partial charge in [0.15, 0.2) is 0 Å². The van der Waals surface area contributed by atoms with Gasteiger partial charge >= 0.3 is 0 Å². The van der Waals surface area contributed by atoms with Crippen LogP contribution in [0.25, 0.3) is 0 Å². The number of rotatable bonds is 6. The molecule has 0 aliphatic carbocycles. The maximum atomic E-state index is 12.3. The summed E-state index contributed by atoms with van der Waals surface area (Å²) in [5.41, 5.74) is -1.00. The van der Waals surface area contributed by atoms with Crippen molar-refractivity contribution in [1.29, 1.82) is 0 Å². The van der Waals surface area contributed by atoms with Crippen molar-refractivity contribution in [1.82, 2.24) is 10.6 Å². The first-order valence-corrected chi connectivity index (χ1v) is 9.64. The van der Waals surface area contributed by atoms with Crippen LogP contribution in [0.15, 0.2) is 48.5 Å². The first kappa shape index (κ1) is 21.5. The van der Waals surface area contributed by atoms with E-state index in [-0.39, 0.29) is 36.2 Å². The second-order valence-corrected chi connectivity index (χ2v) is 7.62. The van der Waals surface area contributed by atoms with Crippen molar-refractivity contribution in [2.24, 2.45) is 0 Å². The van der Waals surface area contributed by atoms with Crippen molar-refractivity contribution < 1.29 is 24.5 Å². The number of benzene rings is 2. The van der Waals surface area contributed by atoms with Crippen LogP contribution in [-0.2, 0) is 4.74 Å². The van der Waals surface area contributed by atoms with E-state index >= 15 is 0 Å². The summed E-state index contributed by atoms with van der Waals surface area (Å²) in [6.07, 6.45) is -2.15. The topological polar surface area (TPSA) is 108 Å². The van der Waals surface area contributed by atoms with E-state index < -0.39 is 23.7 Å². The zero-order valence-corrected chi connectivity index (χ0v) is 16.8. The van der Waals surface area contributed by atoms with Crippen molar-refractivity contribution in [3.05, 3.63) is 69.7 Å². The summed E-state index contributed by atoms with van der Waals surface area (Å²) in [4.78, 5) is 24.4. The molecule has 1 heterocycles. The molecule has 0 saturated carbocycles. The minimum absolute atomic E-state index is 0.0477. The summed E-state index contributed by atoms with van der Waals surface area (Å²) < 4.78 is 5.43. The van der Waals surface area contributed by atoms with Crippen LogP contribution in [0.5, 0.6) is 0 Å². The lowest BCUT2D eigenvalue weighted by molar-refractivity contribution is -0.0464. The molecular formula is C20H20Cl2N2O5. The number of aliphatic hydroxyl groups is 2. The Hall–Kier alpha value is -2.16. The number of ether oxygens (including phenoxy) is 1. The highest BCUT2D eigenvalue weighted by atomic mass is 35.5. The van der Waals surface area contributed by atoms with Gasteiger partial charge in [0, 0.05) is 17.1 Å². The van der Waals surface area contributed by atoms with Crippen molar-refractivity contribution in [3.63, 3.8) is 0 Å². The van der Waals surface area contributed by atoms with E-state index in [9.17, 15) is 19.8 Å². The largest absolute Gasteiger partial charge is 0.387 e. The lowest BCUT2D eigenvalue weighted by atomic mass is 9.96. The molecule has 2 aromatic carbocycles. The Morgan fingerprint density at radius 3 is 2.52 bits per heavy atom. The molecule has 0 bridgehead atoms. The average Bonchev–Trinajstić information content (AvgIpc) is 2.99. The van der Waals surface area contributed by atoms with E-state index in [2.05, 4.69) is 10.6 Å². The fourth-order valence-corrected chi connectivity index (χ4v) is 3.48. The SMILES string of the molecule is O=C(NC[C@]1(O)CO[C@H](CNC(=O)c2ccc(Cl)cc2Cl)C1O)c1ccccc1. The first-order chi connectivity index (χ1) is 13.8. The Morgan fingerprint density at radius 1 is 1.10 bits per heavy atom. The van der Waals surface area contributed by atoms with Crippen LogP contribution in [0.4, 0.5) is 0 Å². The second kappa shape index (κ2) is 9.11. The molecule has 1 unspecified atom stereocenters. The van der Waals surface area contributed by atoms with E-state index in [1.807, 2.05) is 0 Å². The quantitative estimate of drug-likeness (QED) is 0.548. The Morgan fingerprint density at radius 2 is 1.83 bits per heavy atom. The van der Waals surface area contributed by atoms with Gasteiger partial charge in [-0.1, -0.05) is 41.4 Å². The number of carbonyl (C=O) groups is 2. The highest BCUT2D eigenvalue weighted by molar-refractivity contribution is 6.36. The Kier molecular flexibility index (Phi) is 6.77. The fraction of sp³-hybridized carbons (Fsp3) is 0.300. The van der Waals surface area contributed by atoms with Gasteiger partial charge in [0.25, 0.3) is 11.8 Å². The molecule has 1 aliphatic rings. The predicted octanol–water partition coefficient (Wildman–Crippen LogP) is 1.64. The van der Waals surface area contributed by atoms with Gasteiger partial charge in [-0.25, -0.2) is 0 Å². The van der Waals surface area contributed by atoms with E-state index in [4.69, 9.17) is 27.9 Å². The maximum absolute atomic E-state index is 12.3. The van der Waals surface area contributed by atoms with Gasteiger partial charge in [-0.05, 0) is 30.3 Å². The van der Waals surface area contributed by atoms with Gasteiger partial charge in [-0.2, -0.15) is 0 Å². The second-order valence-electron chi connectivity index (χ2n) is 6.78. The zero-order chi connectivity index (χ0) is 21.0. The molecule has 9 heteroatoms. The van der Waals surface area contributed by atoms with Gasteiger partial charge in [0.2, 0.25) is 0 Å². The van der Waals surface area contributed by atoms with Crippen molar-refractivity contribution >= 4 is 35.0 Å². The molecule has 0 radical (unpaired) electrons. The summed E-state index contributed by atoms with van der Waals surface area (Å²) in [5.74, 6) is -0.837. The third kappa shape index (κ3) is 5.07. The molecule has 4 N–H and O–H groups in total. The van der Waals surface area contributed by atoms with E-state index in [1.165, 1.54) is 18.2 Å². The Labute approximate surface area is 177 Å². The van der Waals surface area contributed by atoms with Crippen LogP contribution in [0.2, 0.25) is 10.0 Å². The highest BCUT2D eigenvalue weighted by Gasteiger charge is 2.48. The van der Waals surface area contributed by atoms with E-state index in [1.54, 1.807) is 30.3 Å². The van der Waals surface area contributed by atoms with Gasteiger partial charge in [-0.15, -0.1) is 0 Å². The molecule has 0 aromatic heterocycles. The summed E-state index contributed by atoms with van der Waals surface area (Å²) >= 11 is 11.8. The van der Waals surface area contributed by atoms with E-state index in [0.717, 1.165) is 0 Å². The van der Waals surface area contributed by atoms with Crippen LogP contribution in [0.1, 0.15) is 20.7 Å². The van der Waals surface area contributed by atoms with E-state index in [0.29, 0.717) is 10.6 Å². The number of aliphatic hydroxyl groups excluding tert-OH is 1. The molecule has 1 fully saturated rings. The summed E-state index contributed by atoms with van der Waals surface area (Å²) in [7, 11) is 0.